The summed E-state index contributed by atoms with van der Waals surface area (Å²) in [5, 5.41) is 22.5. The van der Waals surface area contributed by atoms with Crippen molar-refractivity contribution >= 4 is 11.4 Å². The molecule has 0 N–H and O–H groups in total. The summed E-state index contributed by atoms with van der Waals surface area (Å²) in [7, 11) is 0. The van der Waals surface area contributed by atoms with E-state index >= 15 is 0 Å². The van der Waals surface area contributed by atoms with Gasteiger partial charge in [0, 0.05) is 0 Å². The second-order valence-electron chi connectivity index (χ2n) is 9.69. The molecule has 4 rings (SSSR count). The van der Waals surface area contributed by atoms with Gasteiger partial charge >= 0.3 is 223 Å². The summed E-state index contributed by atoms with van der Waals surface area (Å²) in [6.07, 6.45) is 1.45. The molecule has 0 radical (unpaired) electrons. The van der Waals surface area contributed by atoms with Crippen molar-refractivity contribution < 1.29 is 36.6 Å². The number of non-ortho nitro benzene ring substituents is 2. The maximum atomic E-state index is 11.2. The van der Waals surface area contributed by atoms with Crippen LogP contribution in [0.5, 0.6) is 11.5 Å². The number of benzene rings is 2. The summed E-state index contributed by atoms with van der Waals surface area (Å²) in [6, 6.07) is 12.2. The van der Waals surface area contributed by atoms with E-state index in [1.54, 1.807) is 24.3 Å². The van der Waals surface area contributed by atoms with Gasteiger partial charge in [-0.05, 0) is 0 Å². The third-order valence-corrected chi connectivity index (χ3v) is 16.8. The predicted molar refractivity (Wildman–Crippen MR) is 139 cm³/mol. The summed E-state index contributed by atoms with van der Waals surface area (Å²) >= 11 is -4.53. The average Bonchev–Trinajstić information content (AvgIpc) is 3.29. The SMILES string of the molecule is CC1=C(C)C(C)=[C]([Zr]([O]c2ccc([N+](=O)[O-])cc2)([O]c2ccc([N+](=O)[O-])cc2)[C]2=C(C)C(C)=C(C)C2)C1. The summed E-state index contributed by atoms with van der Waals surface area (Å²) < 4.78 is 16.3. The monoisotopic (exact) mass is 580 g/mol. The van der Waals surface area contributed by atoms with Gasteiger partial charge in [-0.3, -0.25) is 0 Å². The number of nitrogens with zero attached hydrogens (tertiary/aromatic N) is 2. The maximum absolute atomic E-state index is 11.2. The fourth-order valence-corrected chi connectivity index (χ4v) is 15.2. The third kappa shape index (κ3) is 4.97. The Kier molecular flexibility index (Phi) is 7.38. The van der Waals surface area contributed by atoms with Gasteiger partial charge in [0.25, 0.3) is 0 Å². The van der Waals surface area contributed by atoms with Crippen LogP contribution in [0.25, 0.3) is 0 Å². The van der Waals surface area contributed by atoms with E-state index in [1.807, 2.05) is 0 Å². The Bertz CT molecular complexity index is 1310. The van der Waals surface area contributed by atoms with E-state index in [-0.39, 0.29) is 11.4 Å². The first-order valence-electron chi connectivity index (χ1n) is 12.1. The molecule has 2 aliphatic carbocycles. The number of rotatable bonds is 8. The Morgan fingerprint density at radius 3 is 1.16 bits per heavy atom. The van der Waals surface area contributed by atoms with E-state index in [1.165, 1.54) is 46.6 Å². The number of hydrogen-bond acceptors (Lipinski definition) is 6. The molecule has 2 aromatic rings. The minimum absolute atomic E-state index is 0.0151. The number of nitro benzene ring substituents is 2. The van der Waals surface area contributed by atoms with Crippen molar-refractivity contribution in [2.24, 2.45) is 0 Å². The van der Waals surface area contributed by atoms with Crippen LogP contribution in [-0.4, -0.2) is 9.85 Å². The van der Waals surface area contributed by atoms with Crippen molar-refractivity contribution in [3.63, 3.8) is 0 Å². The second-order valence-corrected chi connectivity index (χ2v) is 16.7. The third-order valence-electron chi connectivity index (χ3n) is 7.61. The molecule has 8 nitrogen and oxygen atoms in total. The second kappa shape index (κ2) is 10.2. The zero-order valence-electron chi connectivity index (χ0n) is 21.9. The molecule has 0 atom stereocenters. The van der Waals surface area contributed by atoms with Crippen molar-refractivity contribution in [3.05, 3.63) is 109 Å². The molecule has 2 aliphatic rings. The fourth-order valence-electron chi connectivity index (χ4n) is 4.93. The van der Waals surface area contributed by atoms with Gasteiger partial charge in [0.05, 0.1) is 0 Å². The Hall–Kier alpha value is -3.32. The molecule has 0 heterocycles. The van der Waals surface area contributed by atoms with Crippen molar-refractivity contribution in [2.45, 2.75) is 54.4 Å². The fraction of sp³-hybridized carbons (Fsp3) is 0.286. The molecular formula is C28H30N2O6Zr. The van der Waals surface area contributed by atoms with Gasteiger partial charge in [-0.25, -0.2) is 0 Å². The van der Waals surface area contributed by atoms with Gasteiger partial charge in [0.1, 0.15) is 0 Å². The van der Waals surface area contributed by atoms with E-state index < -0.39 is 31.0 Å². The first-order valence-corrected chi connectivity index (χ1v) is 16.5. The molecule has 0 aliphatic heterocycles. The molecule has 0 spiro atoms. The molecule has 0 aromatic heterocycles. The summed E-state index contributed by atoms with van der Waals surface area (Å²) in [5.41, 5.74) is 7.22. The van der Waals surface area contributed by atoms with E-state index in [4.69, 9.17) is 5.63 Å². The molecule has 192 valence electrons. The number of allylic oxidation sites excluding steroid dienone is 8. The van der Waals surface area contributed by atoms with Crippen molar-refractivity contribution in [3.8, 4) is 11.5 Å². The first-order chi connectivity index (χ1) is 17.4. The Balaban J connectivity index is 1.92. The predicted octanol–water partition coefficient (Wildman–Crippen LogP) is 7.97. The van der Waals surface area contributed by atoms with Crippen LogP contribution >= 0.6 is 0 Å². The molecular weight excluding hydrogens is 552 g/mol. The van der Waals surface area contributed by atoms with Crippen LogP contribution in [0.4, 0.5) is 11.4 Å². The number of hydrogen-bond donors (Lipinski definition) is 0. The van der Waals surface area contributed by atoms with E-state index in [9.17, 15) is 20.2 Å². The van der Waals surface area contributed by atoms with Gasteiger partial charge in [-0.2, -0.15) is 0 Å². The van der Waals surface area contributed by atoms with E-state index in [2.05, 4.69) is 41.5 Å². The standard InChI is InChI=1S/2C8H11.2C6H5NO3.Zr/c2*1-6-4-5-7(2)8(6)3;2*8-6-3-1-5(2-4-6)7(9)10;/h2*4H2,1-3H3;2*1-4,8H;/q;;;;+2/p-2. The summed E-state index contributed by atoms with van der Waals surface area (Å²) in [5.74, 6) is 1.02. The zero-order chi connectivity index (χ0) is 27.1. The van der Waals surface area contributed by atoms with Crippen LogP contribution in [0.1, 0.15) is 54.4 Å². The van der Waals surface area contributed by atoms with Crippen molar-refractivity contribution in [1.82, 2.24) is 0 Å². The van der Waals surface area contributed by atoms with Crippen LogP contribution < -0.4 is 5.63 Å². The van der Waals surface area contributed by atoms with E-state index in [0.29, 0.717) is 11.5 Å². The Morgan fingerprint density at radius 1 is 0.595 bits per heavy atom. The van der Waals surface area contributed by atoms with Crippen LogP contribution in [-0.2, 0) is 21.1 Å². The summed E-state index contributed by atoms with van der Waals surface area (Å²) in [6.45, 7) is 12.6. The van der Waals surface area contributed by atoms with Crippen molar-refractivity contribution in [2.75, 3.05) is 0 Å². The normalized spacial score (nSPS) is 16.2. The van der Waals surface area contributed by atoms with Gasteiger partial charge < -0.3 is 0 Å². The average molecular weight is 582 g/mol. The molecule has 0 saturated heterocycles. The van der Waals surface area contributed by atoms with Crippen LogP contribution in [0.3, 0.4) is 0 Å². The minimum atomic E-state index is -4.53. The topological polar surface area (TPSA) is 105 Å². The van der Waals surface area contributed by atoms with Crippen molar-refractivity contribution in [1.29, 1.82) is 0 Å². The summed E-state index contributed by atoms with van der Waals surface area (Å²) in [4.78, 5) is 21.6. The molecule has 0 saturated carbocycles. The first kappa shape index (κ1) is 26.7. The van der Waals surface area contributed by atoms with Gasteiger partial charge in [0.15, 0.2) is 0 Å². The van der Waals surface area contributed by atoms with E-state index in [0.717, 1.165) is 30.5 Å². The quantitative estimate of drug-likeness (QED) is 0.231. The molecule has 0 unspecified atom stereocenters. The van der Waals surface area contributed by atoms with Crippen LogP contribution in [0.15, 0.2) is 88.5 Å². The molecule has 2 aromatic carbocycles. The number of nitro groups is 2. The Morgan fingerprint density at radius 2 is 0.919 bits per heavy atom. The molecule has 0 amide bonds. The Labute approximate surface area is 221 Å². The van der Waals surface area contributed by atoms with Crippen LogP contribution in [0.2, 0.25) is 0 Å². The molecule has 37 heavy (non-hydrogen) atoms. The van der Waals surface area contributed by atoms with Crippen LogP contribution in [0, 0.1) is 20.2 Å². The molecule has 0 bridgehead atoms. The van der Waals surface area contributed by atoms with Gasteiger partial charge in [-0.1, -0.05) is 0 Å². The molecule has 0 fully saturated rings. The van der Waals surface area contributed by atoms with Gasteiger partial charge in [-0.15, -0.1) is 0 Å². The zero-order valence-corrected chi connectivity index (χ0v) is 24.3. The molecule has 9 heteroatoms. The van der Waals surface area contributed by atoms with Gasteiger partial charge in [0.2, 0.25) is 0 Å².